The van der Waals surface area contributed by atoms with Crippen LogP contribution >= 0.6 is 11.8 Å². The molecule has 0 radical (unpaired) electrons. The van der Waals surface area contributed by atoms with Gasteiger partial charge < -0.3 is 37.9 Å². The largest absolute Gasteiger partial charge is 0.508 e. The van der Waals surface area contributed by atoms with E-state index < -0.39 is 121 Å². The SMILES string of the molecule is CCS[C@@H]1O[C@H](COC(=O)O[C@@H]2C[C@@H](C(=O)Oc3c(F)c(F)c(F)c(F)c3F)N(C(=O)OCC3c4ccccc4-c4ccccc43)C2)[C@@H](OCc2ccccc2)[C@H](OCc2ccccc2)[C@H]1OCc1ccccc1. The van der Waals surface area contributed by atoms with Gasteiger partial charge in [-0.2, -0.15) is 8.78 Å². The van der Waals surface area contributed by atoms with Crippen LogP contribution in [0.1, 0.15) is 47.1 Å². The predicted molar refractivity (Wildman–Crippen MR) is 260 cm³/mol. The normalized spacial score (nSPS) is 21.2. The van der Waals surface area contributed by atoms with Crippen molar-refractivity contribution in [3.63, 3.8) is 0 Å². The zero-order valence-electron chi connectivity index (χ0n) is 39.8. The number of halogens is 5. The average Bonchev–Trinajstić information content (AvgIpc) is 4.00. The highest BCUT2D eigenvalue weighted by molar-refractivity contribution is 7.99. The smallest absolute Gasteiger partial charge is 0.448 e. The Morgan fingerprint density at radius 3 is 1.62 bits per heavy atom. The molecule has 0 spiro atoms. The van der Waals surface area contributed by atoms with E-state index in [1.165, 1.54) is 11.8 Å². The van der Waals surface area contributed by atoms with Gasteiger partial charge in [-0.05, 0) is 44.7 Å². The van der Waals surface area contributed by atoms with E-state index in [1.54, 1.807) is 0 Å². The highest BCUT2D eigenvalue weighted by Crippen LogP contribution is 2.45. The monoisotopic (exact) mass is 1040 g/mol. The molecule has 9 rings (SSSR count). The molecule has 386 valence electrons. The molecule has 2 heterocycles. The number of hydrogen-bond donors (Lipinski definition) is 0. The Bertz CT molecular complexity index is 2830. The van der Waals surface area contributed by atoms with Crippen molar-refractivity contribution in [2.24, 2.45) is 0 Å². The number of nitrogens with zero attached hydrogens (tertiary/aromatic N) is 1. The van der Waals surface area contributed by atoms with Crippen molar-refractivity contribution in [2.45, 2.75) is 81.1 Å². The van der Waals surface area contributed by atoms with Gasteiger partial charge in [-0.15, -0.1) is 11.8 Å². The van der Waals surface area contributed by atoms with E-state index in [0.717, 1.165) is 43.8 Å². The first kappa shape index (κ1) is 52.0. The summed E-state index contributed by atoms with van der Waals surface area (Å²) in [6.45, 7) is 1.29. The Morgan fingerprint density at radius 2 is 1.08 bits per heavy atom. The topological polar surface area (TPSA) is 128 Å². The molecule has 2 saturated heterocycles. The molecule has 18 heteroatoms. The summed E-state index contributed by atoms with van der Waals surface area (Å²) in [6.07, 6.45) is -7.62. The Balaban J connectivity index is 0.938. The second-order valence-corrected chi connectivity index (χ2v) is 19.0. The molecular formula is C56H50F5NO11S. The lowest BCUT2D eigenvalue weighted by Gasteiger charge is -2.45. The molecule has 6 aromatic carbocycles. The van der Waals surface area contributed by atoms with Crippen molar-refractivity contribution in [3.8, 4) is 16.9 Å². The lowest BCUT2D eigenvalue weighted by Crippen LogP contribution is -2.60. The van der Waals surface area contributed by atoms with Gasteiger partial charge in [0.1, 0.15) is 55.2 Å². The molecule has 7 atom stereocenters. The summed E-state index contributed by atoms with van der Waals surface area (Å²) in [7, 11) is 0. The molecule has 6 aromatic rings. The van der Waals surface area contributed by atoms with Gasteiger partial charge in [-0.3, -0.25) is 4.90 Å². The third kappa shape index (κ3) is 11.7. The van der Waals surface area contributed by atoms with Gasteiger partial charge in [0.05, 0.1) is 26.4 Å². The first-order valence-electron chi connectivity index (χ1n) is 23.9. The predicted octanol–water partition coefficient (Wildman–Crippen LogP) is 11.1. The number of carbonyl (C=O) groups excluding carboxylic acids is 3. The minimum atomic E-state index is -2.47. The fourth-order valence-electron chi connectivity index (χ4n) is 9.33. The Hall–Kier alpha value is -6.83. The van der Waals surface area contributed by atoms with Gasteiger partial charge in [0, 0.05) is 12.3 Å². The van der Waals surface area contributed by atoms with Crippen LogP contribution in [-0.4, -0.2) is 90.6 Å². The van der Waals surface area contributed by atoms with Crippen molar-refractivity contribution in [3.05, 3.63) is 196 Å². The standard InChI is InChI=1S/C56H50F5NO11S/c1-2-74-54-52(68-30-35-20-10-5-11-21-35)51(67-29-34-18-8-4-9-19-34)49(66-28-33-16-6-3-7-17-33)43(72-54)32-70-56(65)71-36-26-42(53(63)73-50-47(60)45(58)44(57)46(59)48(50)61)62(27-36)55(64)69-31-41-39-24-14-12-22-37(39)38-23-13-15-25-40(38)41/h3-25,36,41-43,49,51-52,54H,2,26-32H2,1H3/t36-,42+,43-,49-,51+,52-,54+/m1/s1. The van der Waals surface area contributed by atoms with E-state index in [2.05, 4.69) is 0 Å². The fraction of sp³-hybridized carbons (Fsp3) is 0.304. The number of amides is 1. The fourth-order valence-corrected chi connectivity index (χ4v) is 10.3. The molecular weight excluding hydrogens is 990 g/mol. The zero-order valence-corrected chi connectivity index (χ0v) is 40.6. The van der Waals surface area contributed by atoms with Crippen LogP contribution in [0.3, 0.4) is 0 Å². The van der Waals surface area contributed by atoms with Gasteiger partial charge in [0.15, 0.2) is 0 Å². The van der Waals surface area contributed by atoms with E-state index in [-0.39, 0.29) is 26.4 Å². The highest BCUT2D eigenvalue weighted by atomic mass is 32.2. The van der Waals surface area contributed by atoms with Gasteiger partial charge >= 0.3 is 18.2 Å². The summed E-state index contributed by atoms with van der Waals surface area (Å²) in [5.41, 5.74) is 5.60. The minimum absolute atomic E-state index is 0.119. The third-order valence-corrected chi connectivity index (χ3v) is 13.9. The second-order valence-electron chi connectivity index (χ2n) is 17.6. The molecule has 0 saturated carbocycles. The number of rotatable bonds is 18. The Morgan fingerprint density at radius 1 is 0.595 bits per heavy atom. The quantitative estimate of drug-likeness (QED) is 0.0267. The second kappa shape index (κ2) is 24.0. The summed E-state index contributed by atoms with van der Waals surface area (Å²) < 4.78 is 121. The maximum Gasteiger partial charge on any atom is 0.508 e. The van der Waals surface area contributed by atoms with Gasteiger partial charge in [-0.1, -0.05) is 146 Å². The molecule has 3 aliphatic rings. The molecule has 1 aliphatic carbocycles. The molecule has 1 amide bonds. The van der Waals surface area contributed by atoms with Crippen LogP contribution in [0.25, 0.3) is 11.1 Å². The number of fused-ring (bicyclic) bond motifs is 3. The van der Waals surface area contributed by atoms with Crippen molar-refractivity contribution in [1.82, 2.24) is 4.90 Å². The van der Waals surface area contributed by atoms with E-state index in [1.807, 2.05) is 146 Å². The van der Waals surface area contributed by atoms with Crippen molar-refractivity contribution in [2.75, 3.05) is 25.5 Å². The molecule has 0 aromatic heterocycles. The number of carbonyl (C=O) groups is 3. The number of thioether (sulfide) groups is 1. The lowest BCUT2D eigenvalue weighted by molar-refractivity contribution is -0.252. The number of likely N-dealkylation sites (tertiary alicyclic amines) is 1. The van der Waals surface area contributed by atoms with Gasteiger partial charge in [-0.25, -0.2) is 27.6 Å². The molecule has 74 heavy (non-hydrogen) atoms. The molecule has 0 unspecified atom stereocenters. The highest BCUT2D eigenvalue weighted by Gasteiger charge is 2.50. The van der Waals surface area contributed by atoms with Crippen LogP contribution in [0.5, 0.6) is 5.75 Å². The van der Waals surface area contributed by atoms with Crippen LogP contribution in [-0.2, 0) is 57.8 Å². The number of esters is 1. The van der Waals surface area contributed by atoms with Crippen LogP contribution in [0.4, 0.5) is 31.5 Å². The van der Waals surface area contributed by atoms with E-state index in [4.69, 9.17) is 37.9 Å². The van der Waals surface area contributed by atoms with Gasteiger partial charge in [0.25, 0.3) is 0 Å². The Kier molecular flexibility index (Phi) is 16.9. The Labute approximate surface area is 427 Å². The van der Waals surface area contributed by atoms with Crippen LogP contribution < -0.4 is 4.74 Å². The van der Waals surface area contributed by atoms with Crippen LogP contribution in [0, 0.1) is 29.1 Å². The van der Waals surface area contributed by atoms with Crippen LogP contribution in [0.15, 0.2) is 140 Å². The van der Waals surface area contributed by atoms with Gasteiger partial charge in [0.2, 0.25) is 34.8 Å². The number of hydrogen-bond acceptors (Lipinski definition) is 12. The molecule has 12 nitrogen and oxygen atoms in total. The number of ether oxygens (including phenoxy) is 8. The molecule has 2 aliphatic heterocycles. The number of benzene rings is 6. The van der Waals surface area contributed by atoms with Crippen molar-refractivity contribution < 1.29 is 74.2 Å². The van der Waals surface area contributed by atoms with Crippen LogP contribution in [0.2, 0.25) is 0 Å². The zero-order chi connectivity index (χ0) is 51.7. The summed E-state index contributed by atoms with van der Waals surface area (Å²) in [4.78, 5) is 42.3. The van der Waals surface area contributed by atoms with E-state index in [0.29, 0.717) is 5.75 Å². The summed E-state index contributed by atoms with van der Waals surface area (Å²) in [5, 5.41) is 0. The van der Waals surface area contributed by atoms with Crippen molar-refractivity contribution in [1.29, 1.82) is 0 Å². The first-order valence-corrected chi connectivity index (χ1v) is 25.0. The minimum Gasteiger partial charge on any atom is -0.448 e. The molecule has 0 N–H and O–H groups in total. The molecule has 2 fully saturated rings. The first-order chi connectivity index (χ1) is 36.0. The molecule has 0 bridgehead atoms. The summed E-state index contributed by atoms with van der Waals surface area (Å²) >= 11 is 1.46. The lowest BCUT2D eigenvalue weighted by atomic mass is 9.98. The van der Waals surface area contributed by atoms with E-state index >= 15 is 0 Å². The maximum atomic E-state index is 14.8. The average molecular weight is 1040 g/mol. The van der Waals surface area contributed by atoms with E-state index in [9.17, 15) is 36.3 Å². The summed E-state index contributed by atoms with van der Waals surface area (Å²) in [5.74, 6) is -15.3. The third-order valence-electron chi connectivity index (χ3n) is 12.9. The summed E-state index contributed by atoms with van der Waals surface area (Å²) in [6, 6.07) is 41.8. The maximum absolute atomic E-state index is 14.8. The van der Waals surface area contributed by atoms with Crippen molar-refractivity contribution >= 4 is 30.0 Å².